The van der Waals surface area contributed by atoms with Gasteiger partial charge < -0.3 is 10.0 Å². The van der Waals surface area contributed by atoms with Gasteiger partial charge in [0, 0.05) is 12.1 Å². The molecule has 2 heterocycles. The topological polar surface area (TPSA) is 117 Å². The van der Waals surface area contributed by atoms with E-state index in [0.29, 0.717) is 29.0 Å². The van der Waals surface area contributed by atoms with Crippen LogP contribution in [0.15, 0.2) is 30.6 Å². The quantitative estimate of drug-likeness (QED) is 0.614. The zero-order valence-electron chi connectivity index (χ0n) is 18.6. The van der Waals surface area contributed by atoms with Crippen LogP contribution in [-0.4, -0.2) is 53.5 Å². The van der Waals surface area contributed by atoms with E-state index in [1.807, 2.05) is 6.07 Å². The third kappa shape index (κ3) is 3.75. The van der Waals surface area contributed by atoms with Gasteiger partial charge in [-0.1, -0.05) is 18.1 Å². The number of aromatic hydroxyl groups is 1. The van der Waals surface area contributed by atoms with Crippen molar-refractivity contribution >= 4 is 5.82 Å². The first kappa shape index (κ1) is 21.0. The number of alkyl halides is 1. The summed E-state index contributed by atoms with van der Waals surface area (Å²) in [6, 6.07) is 6.97. The van der Waals surface area contributed by atoms with E-state index in [2.05, 4.69) is 30.4 Å². The van der Waals surface area contributed by atoms with Crippen molar-refractivity contribution in [2.75, 3.05) is 4.90 Å². The Balaban J connectivity index is 1.25. The average molecular weight is 461 g/mol. The molecule has 4 atom stereocenters. The first-order chi connectivity index (χ1) is 16.6. The molecule has 1 aromatic carbocycles. The van der Waals surface area contributed by atoms with E-state index in [-0.39, 0.29) is 29.2 Å². The molecule has 34 heavy (non-hydrogen) atoms. The molecule has 0 saturated heterocycles. The Morgan fingerprint density at radius 3 is 2.71 bits per heavy atom. The highest BCUT2D eigenvalue weighted by Gasteiger charge is 2.46. The maximum atomic E-state index is 15.5. The SMILES string of the molecule is N#Cc1cn(-c2ccc(-c3ncc(N(C4CC4)[C@@H]4C[C@H]5CCC[C@H](C5)[C@@H]4F)nn3)c(O)c2)nn1. The Labute approximate surface area is 196 Å². The van der Waals surface area contributed by atoms with Crippen LogP contribution < -0.4 is 4.90 Å². The van der Waals surface area contributed by atoms with E-state index >= 15 is 4.39 Å². The van der Waals surface area contributed by atoms with Gasteiger partial charge in [0.1, 0.15) is 18.0 Å². The monoisotopic (exact) mass is 460 g/mol. The number of phenols is 1. The second-order valence-electron chi connectivity index (χ2n) is 9.68. The summed E-state index contributed by atoms with van der Waals surface area (Å²) in [5.41, 5.74) is 1.16. The molecule has 0 radical (unpaired) electrons. The number of rotatable bonds is 5. The molecule has 10 heteroatoms. The van der Waals surface area contributed by atoms with Crippen molar-refractivity contribution in [1.82, 2.24) is 30.2 Å². The first-order valence-corrected chi connectivity index (χ1v) is 11.9. The van der Waals surface area contributed by atoms with Crippen LogP contribution in [0.2, 0.25) is 0 Å². The smallest absolute Gasteiger partial charge is 0.185 e. The van der Waals surface area contributed by atoms with Gasteiger partial charge in [-0.25, -0.2) is 14.1 Å². The Morgan fingerprint density at radius 1 is 1.12 bits per heavy atom. The van der Waals surface area contributed by atoms with Crippen LogP contribution in [0, 0.1) is 23.2 Å². The van der Waals surface area contributed by atoms with Crippen LogP contribution in [0.3, 0.4) is 0 Å². The number of hydrogen-bond donors (Lipinski definition) is 1. The number of anilines is 1. The van der Waals surface area contributed by atoms with Gasteiger partial charge >= 0.3 is 0 Å². The molecule has 3 saturated carbocycles. The molecule has 0 aliphatic heterocycles. The Bertz CT molecular complexity index is 1230. The number of aromatic nitrogens is 6. The molecule has 0 spiro atoms. The number of nitriles is 1. The van der Waals surface area contributed by atoms with Crippen LogP contribution >= 0.6 is 0 Å². The van der Waals surface area contributed by atoms with Crippen LogP contribution in [0.5, 0.6) is 5.75 Å². The number of halogens is 1. The molecule has 3 aliphatic carbocycles. The summed E-state index contributed by atoms with van der Waals surface area (Å²) in [5, 5.41) is 35.8. The molecular weight excluding hydrogens is 435 g/mol. The maximum Gasteiger partial charge on any atom is 0.185 e. The summed E-state index contributed by atoms with van der Waals surface area (Å²) in [4.78, 5) is 6.62. The number of benzene rings is 1. The number of phenolic OH excluding ortho intramolecular Hbond substituents is 1. The van der Waals surface area contributed by atoms with Crippen molar-refractivity contribution in [3.05, 3.63) is 36.3 Å². The highest BCUT2D eigenvalue weighted by Crippen LogP contribution is 2.46. The van der Waals surface area contributed by atoms with E-state index < -0.39 is 6.17 Å². The minimum Gasteiger partial charge on any atom is -0.507 e. The molecule has 0 amide bonds. The van der Waals surface area contributed by atoms with Crippen LogP contribution in [0.1, 0.15) is 50.6 Å². The van der Waals surface area contributed by atoms with Gasteiger partial charge in [0.2, 0.25) is 0 Å². The van der Waals surface area contributed by atoms with Gasteiger partial charge in [0.15, 0.2) is 17.3 Å². The fourth-order valence-electron chi connectivity index (χ4n) is 5.67. The van der Waals surface area contributed by atoms with Gasteiger partial charge in [0.25, 0.3) is 0 Å². The third-order valence-electron chi connectivity index (χ3n) is 7.42. The molecule has 3 fully saturated rings. The van der Waals surface area contributed by atoms with E-state index in [1.165, 1.54) is 23.4 Å². The number of nitrogens with zero attached hydrogens (tertiary/aromatic N) is 8. The highest BCUT2D eigenvalue weighted by molar-refractivity contribution is 5.66. The lowest BCUT2D eigenvalue weighted by molar-refractivity contribution is 0.0631. The van der Waals surface area contributed by atoms with Crippen molar-refractivity contribution in [2.24, 2.45) is 11.8 Å². The molecule has 2 bridgehead atoms. The normalized spacial score (nSPS) is 26.1. The standard InChI is InChI=1S/C24H25FN8O/c25-23-15-3-1-2-14(8-15)9-20(23)33(17-4-5-17)22-12-27-24(30-29-22)19-7-6-18(10-21(19)34)32-13-16(11-26)28-31-32/h6-7,10,12-15,17,20,23,34H,1-5,8-9H2/t14-,15+,20+,23-/m0/s1. The van der Waals surface area contributed by atoms with E-state index in [4.69, 9.17) is 5.26 Å². The van der Waals surface area contributed by atoms with Crippen LogP contribution in [0.4, 0.5) is 10.2 Å². The van der Waals surface area contributed by atoms with Crippen LogP contribution in [-0.2, 0) is 0 Å². The fourth-order valence-corrected chi connectivity index (χ4v) is 5.67. The molecular formula is C24H25FN8O. The van der Waals surface area contributed by atoms with Gasteiger partial charge in [0.05, 0.1) is 29.7 Å². The molecule has 6 rings (SSSR count). The van der Waals surface area contributed by atoms with Gasteiger partial charge in [-0.05, 0) is 56.1 Å². The third-order valence-corrected chi connectivity index (χ3v) is 7.42. The highest BCUT2D eigenvalue weighted by atomic mass is 19.1. The summed E-state index contributed by atoms with van der Waals surface area (Å²) in [7, 11) is 0. The summed E-state index contributed by atoms with van der Waals surface area (Å²) in [6.45, 7) is 0. The van der Waals surface area contributed by atoms with Crippen LogP contribution in [0.25, 0.3) is 17.1 Å². The van der Waals surface area contributed by atoms with Crippen molar-refractivity contribution in [2.45, 2.75) is 63.2 Å². The van der Waals surface area contributed by atoms with E-state index in [9.17, 15) is 5.11 Å². The molecule has 3 aliphatic rings. The lowest BCUT2D eigenvalue weighted by Gasteiger charge is -2.46. The van der Waals surface area contributed by atoms with Gasteiger partial charge in [-0.3, -0.25) is 0 Å². The largest absolute Gasteiger partial charge is 0.507 e. The summed E-state index contributed by atoms with van der Waals surface area (Å²) >= 11 is 0. The van der Waals surface area contributed by atoms with E-state index in [0.717, 1.165) is 38.5 Å². The molecule has 3 aromatic rings. The number of hydrogen-bond acceptors (Lipinski definition) is 8. The zero-order chi connectivity index (χ0) is 23.2. The van der Waals surface area contributed by atoms with Crippen molar-refractivity contribution in [1.29, 1.82) is 5.26 Å². The number of fused-ring (bicyclic) bond motifs is 2. The summed E-state index contributed by atoms with van der Waals surface area (Å²) < 4.78 is 16.9. The average Bonchev–Trinajstić information content (AvgIpc) is 3.57. The van der Waals surface area contributed by atoms with Crippen molar-refractivity contribution < 1.29 is 9.50 Å². The lowest BCUT2D eigenvalue weighted by Crippen LogP contribution is -2.52. The van der Waals surface area contributed by atoms with Gasteiger partial charge in [-0.15, -0.1) is 15.3 Å². The molecule has 2 aromatic heterocycles. The second-order valence-corrected chi connectivity index (χ2v) is 9.68. The molecule has 174 valence electrons. The predicted octanol–water partition coefficient (Wildman–Crippen LogP) is 3.58. The minimum absolute atomic E-state index is 0.0379. The lowest BCUT2D eigenvalue weighted by atomic mass is 9.69. The molecule has 9 nitrogen and oxygen atoms in total. The predicted molar refractivity (Wildman–Crippen MR) is 121 cm³/mol. The zero-order valence-corrected chi connectivity index (χ0v) is 18.6. The Kier molecular flexibility index (Phi) is 5.12. The molecule has 0 unspecified atom stereocenters. The van der Waals surface area contributed by atoms with Crippen molar-refractivity contribution in [3.63, 3.8) is 0 Å². The Morgan fingerprint density at radius 2 is 2.00 bits per heavy atom. The Hall–Kier alpha value is -3.61. The molecule has 1 N–H and O–H groups in total. The maximum absolute atomic E-state index is 15.5. The van der Waals surface area contributed by atoms with E-state index in [1.54, 1.807) is 18.3 Å². The minimum atomic E-state index is -0.839. The van der Waals surface area contributed by atoms with Crippen molar-refractivity contribution in [3.8, 4) is 28.9 Å². The van der Waals surface area contributed by atoms with Gasteiger partial charge in [-0.2, -0.15) is 5.26 Å². The first-order valence-electron chi connectivity index (χ1n) is 11.9. The summed E-state index contributed by atoms with van der Waals surface area (Å²) in [5.74, 6) is 1.62. The summed E-state index contributed by atoms with van der Waals surface area (Å²) in [6.07, 6.45) is 9.58. The fraction of sp³-hybridized carbons (Fsp3) is 0.500. The second kappa shape index (κ2) is 8.31.